The normalized spacial score (nSPS) is 14.6. The maximum Gasteiger partial charge on any atom is 0.337 e. The highest BCUT2D eigenvalue weighted by Gasteiger charge is 2.36. The number of esters is 1. The van der Waals surface area contributed by atoms with Crippen molar-refractivity contribution >= 4 is 17.5 Å². The van der Waals surface area contributed by atoms with Gasteiger partial charge in [-0.2, -0.15) is 0 Å². The minimum atomic E-state index is -0.720. The molecule has 4 rings (SSSR count). The summed E-state index contributed by atoms with van der Waals surface area (Å²) in [7, 11) is 0. The fraction of sp³-hybridized carbons (Fsp3) is 0.222. The van der Waals surface area contributed by atoms with Crippen molar-refractivity contribution in [3.05, 3.63) is 116 Å². The third-order valence-corrected chi connectivity index (χ3v) is 6.02. The van der Waals surface area contributed by atoms with Crippen LogP contribution in [0.15, 0.2) is 88.1 Å². The molecule has 0 saturated heterocycles. The van der Waals surface area contributed by atoms with Crippen LogP contribution in [0.3, 0.4) is 0 Å². The van der Waals surface area contributed by atoms with Crippen LogP contribution in [-0.4, -0.2) is 29.1 Å². The molecule has 0 radical (unpaired) electrons. The number of hydrogen-bond acceptors (Lipinski definition) is 6. The van der Waals surface area contributed by atoms with Crippen molar-refractivity contribution in [1.29, 1.82) is 0 Å². The Morgan fingerprint density at radius 2 is 1.80 bits per heavy atom. The van der Waals surface area contributed by atoms with Crippen molar-refractivity contribution in [2.75, 3.05) is 23.4 Å². The van der Waals surface area contributed by atoms with E-state index in [9.17, 15) is 14.4 Å². The molecule has 0 amide bonds. The zero-order valence-electron chi connectivity index (χ0n) is 19.8. The van der Waals surface area contributed by atoms with Crippen molar-refractivity contribution in [2.24, 2.45) is 0 Å². The average molecular weight is 473 g/mol. The number of allylic oxidation sites excluding steroid dienone is 1. The highest BCUT2D eigenvalue weighted by Crippen LogP contribution is 2.39. The van der Waals surface area contributed by atoms with Gasteiger partial charge in [-0.05, 0) is 37.1 Å². The van der Waals surface area contributed by atoms with Crippen molar-refractivity contribution in [1.82, 2.24) is 9.97 Å². The first-order valence-corrected chi connectivity index (χ1v) is 11.4. The van der Waals surface area contributed by atoms with Crippen molar-refractivity contribution < 1.29 is 9.53 Å². The van der Waals surface area contributed by atoms with Crippen LogP contribution < -0.4 is 21.5 Å². The van der Waals surface area contributed by atoms with Crippen LogP contribution in [0.5, 0.6) is 0 Å². The van der Waals surface area contributed by atoms with Gasteiger partial charge in [-0.25, -0.2) is 9.59 Å². The summed E-state index contributed by atoms with van der Waals surface area (Å²) in [5.74, 6) is -1.01. The number of fused-ring (bicyclic) bond motifs is 1. The molecular formula is C27H28N4O4. The second kappa shape index (κ2) is 10.3. The molecule has 35 heavy (non-hydrogen) atoms. The van der Waals surface area contributed by atoms with Crippen LogP contribution in [0.4, 0.5) is 11.5 Å². The SMILES string of the molecule is C=CCOC(=O)C1=C(C)Nc2[nH]c(=O)[nH]c(=O)c2[C@H]1c1ccc(N(CC)Cc2ccccc2)cc1. The van der Waals surface area contributed by atoms with E-state index in [4.69, 9.17) is 4.74 Å². The van der Waals surface area contributed by atoms with Crippen molar-refractivity contribution in [2.45, 2.75) is 26.3 Å². The van der Waals surface area contributed by atoms with Crippen LogP contribution in [0, 0.1) is 0 Å². The van der Waals surface area contributed by atoms with Crippen molar-refractivity contribution in [3.63, 3.8) is 0 Å². The molecule has 8 nitrogen and oxygen atoms in total. The van der Waals surface area contributed by atoms with E-state index in [1.54, 1.807) is 6.92 Å². The molecule has 0 fully saturated rings. The maximum atomic E-state index is 13.0. The summed E-state index contributed by atoms with van der Waals surface area (Å²) in [5.41, 5.74) is 2.82. The van der Waals surface area contributed by atoms with E-state index in [-0.39, 0.29) is 18.0 Å². The third kappa shape index (κ3) is 4.96. The number of nitrogens with zero attached hydrogens (tertiary/aromatic N) is 1. The van der Waals surface area contributed by atoms with Crippen LogP contribution in [0.2, 0.25) is 0 Å². The van der Waals surface area contributed by atoms with Gasteiger partial charge in [-0.1, -0.05) is 55.1 Å². The Morgan fingerprint density at radius 3 is 2.46 bits per heavy atom. The Balaban J connectivity index is 1.75. The first kappa shape index (κ1) is 23.8. The smallest absolute Gasteiger partial charge is 0.337 e. The van der Waals surface area contributed by atoms with Gasteiger partial charge in [0.05, 0.1) is 17.1 Å². The molecule has 2 aromatic carbocycles. The molecule has 1 aliphatic rings. The number of aromatic amines is 2. The van der Waals surface area contributed by atoms with E-state index < -0.39 is 23.1 Å². The molecule has 1 atom stereocenters. The van der Waals surface area contributed by atoms with Gasteiger partial charge in [0.25, 0.3) is 5.56 Å². The van der Waals surface area contributed by atoms with Crippen LogP contribution in [0.1, 0.15) is 36.5 Å². The number of aromatic nitrogens is 2. The summed E-state index contributed by atoms with van der Waals surface area (Å²) in [5, 5.41) is 2.98. The standard InChI is InChI=1S/C27H28N4O4/c1-4-15-35-26(33)21-17(3)28-24-23(25(32)30-27(34)29-24)22(21)19-11-13-20(14-12-19)31(5-2)16-18-9-7-6-8-10-18/h4,6-14,22H,1,5,15-16H2,2-3H3,(H3,28,29,30,32,34)/t22-/m0/s1. The van der Waals surface area contributed by atoms with Crippen LogP contribution in [0.25, 0.3) is 0 Å². The number of rotatable bonds is 8. The number of H-pyrrole nitrogens is 2. The van der Waals surface area contributed by atoms with Gasteiger partial charge in [0, 0.05) is 24.5 Å². The summed E-state index contributed by atoms with van der Waals surface area (Å²) in [6.45, 7) is 9.01. The van der Waals surface area contributed by atoms with E-state index in [0.717, 1.165) is 24.3 Å². The number of benzene rings is 2. The number of anilines is 2. The monoisotopic (exact) mass is 472 g/mol. The van der Waals surface area contributed by atoms with Crippen molar-refractivity contribution in [3.8, 4) is 0 Å². The summed E-state index contributed by atoms with van der Waals surface area (Å²) in [4.78, 5) is 44.9. The van der Waals surface area contributed by atoms with Crippen LogP contribution >= 0.6 is 0 Å². The lowest BCUT2D eigenvalue weighted by Crippen LogP contribution is -2.35. The first-order valence-electron chi connectivity index (χ1n) is 11.4. The topological polar surface area (TPSA) is 107 Å². The first-order chi connectivity index (χ1) is 16.9. The quantitative estimate of drug-likeness (QED) is 0.341. The number of carbonyl (C=O) groups is 1. The molecule has 3 N–H and O–H groups in total. The minimum Gasteiger partial charge on any atom is -0.458 e. The highest BCUT2D eigenvalue weighted by molar-refractivity contribution is 5.94. The second-order valence-electron chi connectivity index (χ2n) is 8.27. The minimum absolute atomic E-state index is 0.0427. The Labute approximate surface area is 203 Å². The van der Waals surface area contributed by atoms with Gasteiger partial charge in [-0.3, -0.25) is 14.8 Å². The molecule has 0 saturated carbocycles. The van der Waals surface area contributed by atoms with Crippen LogP contribution in [-0.2, 0) is 16.1 Å². The number of ether oxygens (including phenoxy) is 1. The molecular weight excluding hydrogens is 444 g/mol. The van der Waals surface area contributed by atoms with E-state index in [0.29, 0.717) is 11.3 Å². The van der Waals surface area contributed by atoms with Gasteiger partial charge in [-0.15, -0.1) is 0 Å². The molecule has 3 aromatic rings. The van der Waals surface area contributed by atoms with Gasteiger partial charge in [0.15, 0.2) is 0 Å². The molecule has 2 heterocycles. The summed E-state index contributed by atoms with van der Waals surface area (Å²) >= 11 is 0. The Kier molecular flexibility index (Phi) is 7.01. The fourth-order valence-corrected chi connectivity index (χ4v) is 4.37. The summed E-state index contributed by atoms with van der Waals surface area (Å²) in [6.07, 6.45) is 1.48. The maximum absolute atomic E-state index is 13.0. The van der Waals surface area contributed by atoms with Gasteiger partial charge in [0.2, 0.25) is 0 Å². The van der Waals surface area contributed by atoms with Gasteiger partial charge in [0.1, 0.15) is 12.4 Å². The lowest BCUT2D eigenvalue weighted by molar-refractivity contribution is -0.138. The zero-order chi connectivity index (χ0) is 24.9. The lowest BCUT2D eigenvalue weighted by Gasteiger charge is -2.29. The van der Waals surface area contributed by atoms with E-state index >= 15 is 0 Å². The number of carbonyl (C=O) groups excluding carboxylic acids is 1. The Morgan fingerprint density at radius 1 is 1.09 bits per heavy atom. The number of nitrogens with one attached hydrogen (secondary N) is 3. The second-order valence-corrected chi connectivity index (χ2v) is 8.27. The lowest BCUT2D eigenvalue weighted by atomic mass is 9.82. The molecule has 0 aliphatic carbocycles. The predicted molar refractivity (Wildman–Crippen MR) is 137 cm³/mol. The fourth-order valence-electron chi connectivity index (χ4n) is 4.37. The number of hydrogen-bond donors (Lipinski definition) is 3. The predicted octanol–water partition coefficient (Wildman–Crippen LogP) is 3.65. The van der Waals surface area contributed by atoms with E-state index in [2.05, 4.69) is 45.8 Å². The molecule has 0 bridgehead atoms. The summed E-state index contributed by atoms with van der Waals surface area (Å²) < 4.78 is 5.33. The largest absolute Gasteiger partial charge is 0.458 e. The molecule has 0 spiro atoms. The Hall–Kier alpha value is -4.33. The molecule has 8 heteroatoms. The Bertz CT molecular complexity index is 1370. The third-order valence-electron chi connectivity index (χ3n) is 6.02. The molecule has 1 aromatic heterocycles. The molecule has 1 aliphatic heterocycles. The zero-order valence-corrected chi connectivity index (χ0v) is 19.8. The molecule has 180 valence electrons. The van der Waals surface area contributed by atoms with Gasteiger partial charge >= 0.3 is 11.7 Å². The van der Waals surface area contributed by atoms with Gasteiger partial charge < -0.3 is 15.0 Å². The summed E-state index contributed by atoms with van der Waals surface area (Å²) in [6, 6.07) is 18.0. The average Bonchev–Trinajstić information content (AvgIpc) is 2.85. The van der Waals surface area contributed by atoms with E-state index in [1.807, 2.05) is 42.5 Å². The van der Waals surface area contributed by atoms with E-state index in [1.165, 1.54) is 11.6 Å². The highest BCUT2D eigenvalue weighted by atomic mass is 16.5. The molecule has 0 unspecified atom stereocenters.